The number of amides is 1. The SMILES string of the molecule is COc1ccc(C(NC(=O)C(F)(F)F)C(=O)O)cc1C(F)(F)F. The minimum atomic E-state index is -5.38. The molecule has 1 aromatic rings. The molecule has 5 nitrogen and oxygen atoms in total. The van der Waals surface area contributed by atoms with Gasteiger partial charge in [-0.25, -0.2) is 4.79 Å². The molecular weight excluding hydrogens is 336 g/mol. The molecule has 0 bridgehead atoms. The van der Waals surface area contributed by atoms with Crippen molar-refractivity contribution in [2.24, 2.45) is 0 Å². The molecule has 0 aromatic heterocycles. The van der Waals surface area contributed by atoms with E-state index in [4.69, 9.17) is 5.11 Å². The minimum absolute atomic E-state index is 0.300. The molecule has 1 unspecified atom stereocenters. The van der Waals surface area contributed by atoms with E-state index in [1.165, 1.54) is 0 Å². The summed E-state index contributed by atoms with van der Waals surface area (Å²) in [6.45, 7) is 0. The Morgan fingerprint density at radius 2 is 1.74 bits per heavy atom. The maximum atomic E-state index is 12.8. The van der Waals surface area contributed by atoms with E-state index in [1.54, 1.807) is 0 Å². The van der Waals surface area contributed by atoms with Gasteiger partial charge in [0.15, 0.2) is 6.04 Å². The fourth-order valence-electron chi connectivity index (χ4n) is 1.63. The Hall–Kier alpha value is -2.46. The van der Waals surface area contributed by atoms with Gasteiger partial charge in [0.1, 0.15) is 5.75 Å². The second-order valence-electron chi connectivity index (χ2n) is 4.20. The molecule has 0 aliphatic rings. The van der Waals surface area contributed by atoms with Gasteiger partial charge in [0.2, 0.25) is 0 Å². The lowest BCUT2D eigenvalue weighted by Gasteiger charge is -2.19. The molecule has 0 saturated heterocycles. The third kappa shape index (κ3) is 4.50. The Morgan fingerprint density at radius 3 is 2.13 bits per heavy atom. The summed E-state index contributed by atoms with van der Waals surface area (Å²) in [5.74, 6) is -5.19. The molecule has 1 atom stereocenters. The fourth-order valence-corrected chi connectivity index (χ4v) is 1.63. The van der Waals surface area contributed by atoms with Crippen molar-refractivity contribution in [1.29, 1.82) is 0 Å². The van der Waals surface area contributed by atoms with Crippen molar-refractivity contribution < 1.29 is 45.8 Å². The minimum Gasteiger partial charge on any atom is -0.496 e. The van der Waals surface area contributed by atoms with E-state index < -0.39 is 47.1 Å². The van der Waals surface area contributed by atoms with Crippen molar-refractivity contribution in [3.05, 3.63) is 29.3 Å². The molecule has 0 saturated carbocycles. The first-order chi connectivity index (χ1) is 10.4. The maximum Gasteiger partial charge on any atom is 0.471 e. The van der Waals surface area contributed by atoms with Crippen LogP contribution in [0.4, 0.5) is 26.3 Å². The van der Waals surface area contributed by atoms with Crippen molar-refractivity contribution in [3.63, 3.8) is 0 Å². The van der Waals surface area contributed by atoms with E-state index in [1.807, 2.05) is 0 Å². The lowest BCUT2D eigenvalue weighted by Crippen LogP contribution is -2.42. The Bertz CT molecular complexity index is 611. The van der Waals surface area contributed by atoms with Crippen LogP contribution < -0.4 is 10.1 Å². The summed E-state index contributed by atoms with van der Waals surface area (Å²) in [7, 11) is 0.935. The predicted molar refractivity (Wildman–Crippen MR) is 62.6 cm³/mol. The number of rotatable bonds is 4. The third-order valence-electron chi connectivity index (χ3n) is 2.64. The van der Waals surface area contributed by atoms with Gasteiger partial charge in [-0.1, -0.05) is 6.07 Å². The monoisotopic (exact) mass is 345 g/mol. The number of alkyl halides is 6. The lowest BCUT2D eigenvalue weighted by molar-refractivity contribution is -0.175. The molecule has 1 aromatic carbocycles. The molecule has 0 aliphatic heterocycles. The zero-order valence-corrected chi connectivity index (χ0v) is 11.2. The molecular formula is C12H9F6NO4. The molecule has 23 heavy (non-hydrogen) atoms. The second-order valence-corrected chi connectivity index (χ2v) is 4.20. The van der Waals surface area contributed by atoms with E-state index in [-0.39, 0.29) is 0 Å². The number of methoxy groups -OCH3 is 1. The molecule has 0 heterocycles. The largest absolute Gasteiger partial charge is 0.496 e. The molecule has 11 heteroatoms. The zero-order valence-electron chi connectivity index (χ0n) is 11.2. The molecule has 0 aliphatic carbocycles. The quantitative estimate of drug-likeness (QED) is 0.823. The van der Waals surface area contributed by atoms with Crippen LogP contribution in [0.1, 0.15) is 17.2 Å². The van der Waals surface area contributed by atoms with Crippen LogP contribution >= 0.6 is 0 Å². The van der Waals surface area contributed by atoms with Crippen LogP contribution in [0.25, 0.3) is 0 Å². The molecule has 1 rings (SSSR count). The summed E-state index contributed by atoms with van der Waals surface area (Å²) in [5.41, 5.74) is -2.08. The number of carbonyl (C=O) groups excluding carboxylic acids is 1. The summed E-state index contributed by atoms with van der Waals surface area (Å²) in [5, 5.41) is 9.98. The number of aliphatic carboxylic acids is 1. The molecule has 2 N–H and O–H groups in total. The van der Waals surface area contributed by atoms with Crippen molar-refractivity contribution in [2.45, 2.75) is 18.4 Å². The van der Waals surface area contributed by atoms with Crippen molar-refractivity contribution in [2.75, 3.05) is 7.11 Å². The number of carboxylic acid groups (broad SMARTS) is 1. The van der Waals surface area contributed by atoms with Gasteiger partial charge in [0.25, 0.3) is 0 Å². The number of ether oxygens (including phenoxy) is 1. The number of carboxylic acids is 1. The Kier molecular flexibility index (Phi) is 5.13. The average Bonchev–Trinajstić information content (AvgIpc) is 2.41. The fraction of sp³-hybridized carbons (Fsp3) is 0.333. The molecule has 1 amide bonds. The zero-order chi connectivity index (χ0) is 18.0. The highest BCUT2D eigenvalue weighted by Gasteiger charge is 2.42. The average molecular weight is 345 g/mol. The lowest BCUT2D eigenvalue weighted by atomic mass is 10.0. The van der Waals surface area contributed by atoms with E-state index >= 15 is 0 Å². The van der Waals surface area contributed by atoms with Crippen LogP contribution in [0.5, 0.6) is 5.75 Å². The van der Waals surface area contributed by atoms with Crippen LogP contribution in [-0.4, -0.2) is 30.3 Å². The first-order valence-electron chi connectivity index (χ1n) is 5.73. The van der Waals surface area contributed by atoms with Gasteiger partial charge in [-0.15, -0.1) is 0 Å². The van der Waals surface area contributed by atoms with E-state index in [0.717, 1.165) is 24.6 Å². The molecule has 128 valence electrons. The normalized spacial score (nSPS) is 13.3. The van der Waals surface area contributed by atoms with Gasteiger partial charge >= 0.3 is 24.2 Å². The number of hydrogen-bond donors (Lipinski definition) is 2. The number of halogens is 6. The first kappa shape index (κ1) is 18.6. The third-order valence-corrected chi connectivity index (χ3v) is 2.64. The van der Waals surface area contributed by atoms with E-state index in [0.29, 0.717) is 6.07 Å². The van der Waals surface area contributed by atoms with Crippen molar-refractivity contribution in [3.8, 4) is 5.75 Å². The van der Waals surface area contributed by atoms with Gasteiger partial charge in [-0.3, -0.25) is 4.79 Å². The van der Waals surface area contributed by atoms with Gasteiger partial charge in [0, 0.05) is 0 Å². The number of carbonyl (C=O) groups is 2. The van der Waals surface area contributed by atoms with Gasteiger partial charge in [-0.2, -0.15) is 26.3 Å². The number of benzene rings is 1. The van der Waals surface area contributed by atoms with Crippen LogP contribution in [0.3, 0.4) is 0 Å². The maximum absolute atomic E-state index is 12.8. The second kappa shape index (κ2) is 6.34. The molecule has 0 fully saturated rings. The van der Waals surface area contributed by atoms with Gasteiger partial charge < -0.3 is 15.2 Å². The standard InChI is InChI=1S/C12H9F6NO4/c1-23-7-3-2-5(4-6(7)11(13,14)15)8(9(20)21)19-10(22)12(16,17)18/h2-4,8H,1H3,(H,19,22)(H,20,21). The number of hydrogen-bond acceptors (Lipinski definition) is 3. The highest BCUT2D eigenvalue weighted by atomic mass is 19.4. The van der Waals surface area contributed by atoms with Crippen molar-refractivity contribution in [1.82, 2.24) is 5.32 Å². The summed E-state index contributed by atoms with van der Waals surface area (Å²) < 4.78 is 79.5. The Balaban J connectivity index is 3.29. The highest BCUT2D eigenvalue weighted by Crippen LogP contribution is 2.37. The van der Waals surface area contributed by atoms with Crippen LogP contribution in [0.15, 0.2) is 18.2 Å². The number of nitrogens with one attached hydrogen (secondary N) is 1. The van der Waals surface area contributed by atoms with Gasteiger partial charge in [0.05, 0.1) is 12.7 Å². The van der Waals surface area contributed by atoms with Crippen molar-refractivity contribution >= 4 is 11.9 Å². The summed E-state index contributed by atoms with van der Waals surface area (Å²) >= 11 is 0. The van der Waals surface area contributed by atoms with Crippen LogP contribution in [0.2, 0.25) is 0 Å². The molecule has 0 spiro atoms. The summed E-state index contributed by atoms with van der Waals surface area (Å²) in [6, 6.07) is -0.456. The summed E-state index contributed by atoms with van der Waals surface area (Å²) in [6.07, 6.45) is -10.3. The first-order valence-corrected chi connectivity index (χ1v) is 5.73. The van der Waals surface area contributed by atoms with Crippen LogP contribution in [0, 0.1) is 0 Å². The highest BCUT2D eigenvalue weighted by molar-refractivity contribution is 5.87. The van der Waals surface area contributed by atoms with Gasteiger partial charge in [-0.05, 0) is 17.7 Å². The van der Waals surface area contributed by atoms with E-state index in [9.17, 15) is 35.9 Å². The Morgan fingerprint density at radius 1 is 1.17 bits per heavy atom. The van der Waals surface area contributed by atoms with E-state index in [2.05, 4.69) is 4.74 Å². The van der Waals surface area contributed by atoms with Crippen LogP contribution in [-0.2, 0) is 15.8 Å². The summed E-state index contributed by atoms with van der Waals surface area (Å²) in [4.78, 5) is 21.8. The smallest absolute Gasteiger partial charge is 0.471 e. The predicted octanol–water partition coefficient (Wildman–Crippen LogP) is 2.52. The topological polar surface area (TPSA) is 75.6 Å². The molecule has 0 radical (unpaired) electrons. The Labute approximate surface area is 124 Å².